The fraction of sp³-hybridized carbons (Fsp3) is 0.800. The predicted molar refractivity (Wildman–Crippen MR) is 81.7 cm³/mol. The molecule has 0 unspecified atom stereocenters. The Bertz CT molecular complexity index is 376. The third-order valence-electron chi connectivity index (χ3n) is 3.97. The Morgan fingerprint density at radius 3 is 2.00 bits per heavy atom. The van der Waals surface area contributed by atoms with E-state index in [9.17, 15) is 0 Å². The molecule has 0 bridgehead atoms. The molecular weight excluding hydrogens is 236 g/mol. The van der Waals surface area contributed by atoms with E-state index in [0.29, 0.717) is 0 Å². The van der Waals surface area contributed by atoms with Gasteiger partial charge in [-0.1, -0.05) is 13.8 Å². The standard InChI is InChI=1S/C13H24N4.C2H6/c1-11-12(2)14-17(13(11)3)10-9-16-7-5-15(4)6-8-16;1-2/h5-10H2,1-4H3;1-2H3. The highest BCUT2D eigenvalue weighted by atomic mass is 15.3. The first-order valence-electron chi connectivity index (χ1n) is 7.49. The smallest absolute Gasteiger partial charge is 0.0625 e. The minimum atomic E-state index is 1.02. The summed E-state index contributed by atoms with van der Waals surface area (Å²) in [6.07, 6.45) is 0. The Labute approximate surface area is 118 Å². The highest BCUT2D eigenvalue weighted by molar-refractivity contribution is 5.22. The quantitative estimate of drug-likeness (QED) is 0.837. The number of aromatic nitrogens is 2. The van der Waals surface area contributed by atoms with Gasteiger partial charge in [-0.2, -0.15) is 5.10 Å². The molecule has 0 amide bonds. The Kier molecular flexibility index (Phi) is 6.52. The number of aryl methyl sites for hydroxylation is 1. The maximum absolute atomic E-state index is 4.59. The van der Waals surface area contributed by atoms with Crippen molar-refractivity contribution in [2.45, 2.75) is 41.2 Å². The first-order valence-corrected chi connectivity index (χ1v) is 7.49. The van der Waals surface area contributed by atoms with Gasteiger partial charge in [-0.3, -0.25) is 9.58 Å². The maximum atomic E-state index is 4.59. The molecule has 0 aromatic carbocycles. The zero-order chi connectivity index (χ0) is 14.4. The van der Waals surface area contributed by atoms with E-state index in [4.69, 9.17) is 0 Å². The first kappa shape index (κ1) is 16.2. The molecule has 0 atom stereocenters. The molecule has 1 aliphatic rings. The minimum Gasteiger partial charge on any atom is -0.304 e. The van der Waals surface area contributed by atoms with Gasteiger partial charge in [0, 0.05) is 38.4 Å². The summed E-state index contributed by atoms with van der Waals surface area (Å²) in [5, 5.41) is 4.59. The fourth-order valence-corrected chi connectivity index (χ4v) is 2.31. The molecule has 1 saturated heterocycles. The van der Waals surface area contributed by atoms with Gasteiger partial charge in [0.25, 0.3) is 0 Å². The summed E-state index contributed by atoms with van der Waals surface area (Å²) in [6, 6.07) is 0. The van der Waals surface area contributed by atoms with E-state index in [0.717, 1.165) is 13.1 Å². The summed E-state index contributed by atoms with van der Waals surface area (Å²) in [6.45, 7) is 17.3. The molecular formula is C15H30N4. The Hall–Kier alpha value is -0.870. The van der Waals surface area contributed by atoms with Gasteiger partial charge in [-0.05, 0) is 33.4 Å². The lowest BCUT2D eigenvalue weighted by Crippen LogP contribution is -2.45. The van der Waals surface area contributed by atoms with Crippen molar-refractivity contribution in [3.63, 3.8) is 0 Å². The molecule has 4 heteroatoms. The van der Waals surface area contributed by atoms with E-state index in [1.807, 2.05) is 13.8 Å². The van der Waals surface area contributed by atoms with E-state index in [2.05, 4.69) is 47.4 Å². The lowest BCUT2D eigenvalue weighted by atomic mass is 10.2. The molecule has 0 aliphatic carbocycles. The number of hydrogen-bond acceptors (Lipinski definition) is 3. The molecule has 2 heterocycles. The summed E-state index contributed by atoms with van der Waals surface area (Å²) in [4.78, 5) is 4.93. The largest absolute Gasteiger partial charge is 0.304 e. The Balaban J connectivity index is 0.000000861. The van der Waals surface area contributed by atoms with Gasteiger partial charge in [-0.25, -0.2) is 0 Å². The normalized spacial score (nSPS) is 17.2. The first-order chi connectivity index (χ1) is 9.08. The highest BCUT2D eigenvalue weighted by Crippen LogP contribution is 2.11. The van der Waals surface area contributed by atoms with Crippen molar-refractivity contribution in [1.82, 2.24) is 19.6 Å². The van der Waals surface area contributed by atoms with Crippen LogP contribution in [0.4, 0.5) is 0 Å². The third kappa shape index (κ3) is 4.32. The van der Waals surface area contributed by atoms with Crippen LogP contribution in [0.2, 0.25) is 0 Å². The molecule has 0 N–H and O–H groups in total. The van der Waals surface area contributed by atoms with Crippen molar-refractivity contribution < 1.29 is 0 Å². The van der Waals surface area contributed by atoms with E-state index in [1.165, 1.54) is 43.1 Å². The minimum absolute atomic E-state index is 1.02. The molecule has 0 radical (unpaired) electrons. The summed E-state index contributed by atoms with van der Waals surface area (Å²) in [7, 11) is 2.20. The molecule has 110 valence electrons. The molecule has 0 spiro atoms. The van der Waals surface area contributed by atoms with Gasteiger partial charge in [0.1, 0.15) is 0 Å². The van der Waals surface area contributed by atoms with Crippen molar-refractivity contribution in [1.29, 1.82) is 0 Å². The monoisotopic (exact) mass is 266 g/mol. The van der Waals surface area contributed by atoms with E-state index in [-0.39, 0.29) is 0 Å². The number of rotatable bonds is 3. The van der Waals surface area contributed by atoms with E-state index in [1.54, 1.807) is 0 Å². The lowest BCUT2D eigenvalue weighted by molar-refractivity contribution is 0.148. The molecule has 4 nitrogen and oxygen atoms in total. The van der Waals surface area contributed by atoms with Crippen LogP contribution in [0, 0.1) is 20.8 Å². The van der Waals surface area contributed by atoms with Gasteiger partial charge in [0.15, 0.2) is 0 Å². The molecule has 0 saturated carbocycles. The molecule has 1 aliphatic heterocycles. The summed E-state index contributed by atoms with van der Waals surface area (Å²) >= 11 is 0. The average molecular weight is 266 g/mol. The molecule has 1 aromatic heterocycles. The summed E-state index contributed by atoms with van der Waals surface area (Å²) in [5.74, 6) is 0. The van der Waals surface area contributed by atoms with Crippen molar-refractivity contribution in [3.8, 4) is 0 Å². The summed E-state index contributed by atoms with van der Waals surface area (Å²) in [5.41, 5.74) is 3.82. The lowest BCUT2D eigenvalue weighted by Gasteiger charge is -2.32. The number of likely N-dealkylation sites (N-methyl/N-ethyl adjacent to an activating group) is 1. The predicted octanol–water partition coefficient (Wildman–Crippen LogP) is 2.08. The Morgan fingerprint density at radius 1 is 0.947 bits per heavy atom. The topological polar surface area (TPSA) is 24.3 Å². The van der Waals surface area contributed by atoms with Crippen LogP contribution in [0.5, 0.6) is 0 Å². The molecule has 1 fully saturated rings. The van der Waals surface area contributed by atoms with Crippen LogP contribution >= 0.6 is 0 Å². The average Bonchev–Trinajstić information content (AvgIpc) is 2.68. The third-order valence-corrected chi connectivity index (χ3v) is 3.97. The second-order valence-corrected chi connectivity index (χ2v) is 5.16. The van der Waals surface area contributed by atoms with Crippen LogP contribution in [0.3, 0.4) is 0 Å². The molecule has 2 rings (SSSR count). The number of piperazine rings is 1. The van der Waals surface area contributed by atoms with Gasteiger partial charge >= 0.3 is 0 Å². The number of hydrogen-bond donors (Lipinski definition) is 0. The van der Waals surface area contributed by atoms with Gasteiger partial charge < -0.3 is 4.90 Å². The van der Waals surface area contributed by atoms with Crippen LogP contribution in [-0.2, 0) is 6.54 Å². The Morgan fingerprint density at radius 2 is 1.53 bits per heavy atom. The molecule has 19 heavy (non-hydrogen) atoms. The van der Waals surface area contributed by atoms with Crippen LogP contribution in [0.25, 0.3) is 0 Å². The molecule has 1 aromatic rings. The van der Waals surface area contributed by atoms with E-state index < -0.39 is 0 Å². The van der Waals surface area contributed by atoms with Crippen molar-refractivity contribution >= 4 is 0 Å². The van der Waals surface area contributed by atoms with Gasteiger partial charge in [0.2, 0.25) is 0 Å². The summed E-state index contributed by atoms with van der Waals surface area (Å²) < 4.78 is 2.16. The maximum Gasteiger partial charge on any atom is 0.0625 e. The SMILES string of the molecule is CC.Cc1nn(CCN2CCN(C)CC2)c(C)c1C. The second-order valence-electron chi connectivity index (χ2n) is 5.16. The van der Waals surface area contributed by atoms with Crippen molar-refractivity contribution in [2.75, 3.05) is 39.8 Å². The van der Waals surface area contributed by atoms with Crippen LogP contribution in [0.1, 0.15) is 30.8 Å². The fourth-order valence-electron chi connectivity index (χ4n) is 2.31. The van der Waals surface area contributed by atoms with Gasteiger partial charge in [0.05, 0.1) is 12.2 Å². The van der Waals surface area contributed by atoms with Crippen LogP contribution in [0.15, 0.2) is 0 Å². The van der Waals surface area contributed by atoms with E-state index >= 15 is 0 Å². The number of nitrogens with zero attached hydrogens (tertiary/aromatic N) is 4. The second kappa shape index (κ2) is 7.65. The van der Waals surface area contributed by atoms with Gasteiger partial charge in [-0.15, -0.1) is 0 Å². The van der Waals surface area contributed by atoms with Crippen molar-refractivity contribution in [2.24, 2.45) is 0 Å². The zero-order valence-electron chi connectivity index (χ0n) is 13.5. The highest BCUT2D eigenvalue weighted by Gasteiger charge is 2.14. The van der Waals surface area contributed by atoms with Crippen molar-refractivity contribution in [3.05, 3.63) is 17.0 Å². The van der Waals surface area contributed by atoms with Crippen LogP contribution < -0.4 is 0 Å². The van der Waals surface area contributed by atoms with Crippen LogP contribution in [-0.4, -0.2) is 59.4 Å². The zero-order valence-corrected chi connectivity index (χ0v) is 13.5.